The number of carbonyl (C=O) groups is 1. The van der Waals surface area contributed by atoms with Crippen molar-refractivity contribution in [2.45, 2.75) is 19.3 Å². The first-order chi connectivity index (χ1) is 17.2. The molecule has 1 saturated heterocycles. The van der Waals surface area contributed by atoms with Crippen molar-refractivity contribution in [3.05, 3.63) is 83.7 Å². The molecule has 0 aliphatic carbocycles. The fourth-order valence-electron chi connectivity index (χ4n) is 4.10. The van der Waals surface area contributed by atoms with E-state index in [9.17, 15) is 4.79 Å². The molecule has 2 aromatic carbocycles. The van der Waals surface area contributed by atoms with Gasteiger partial charge in [-0.1, -0.05) is 18.2 Å². The van der Waals surface area contributed by atoms with E-state index in [0.717, 1.165) is 79.6 Å². The monoisotopic (exact) mass is 471 g/mol. The van der Waals surface area contributed by atoms with Gasteiger partial charge in [0, 0.05) is 54.3 Å². The Morgan fingerprint density at radius 3 is 2.69 bits per heavy atom. The van der Waals surface area contributed by atoms with E-state index in [1.54, 1.807) is 13.3 Å². The standard InChI is InChI=1S/C29H33N3O3/c1-34-29-22-27(14-12-23(29)11-13-25-8-2-4-15-30-25)31-26-9-6-7-24(21-26)28(33)10-3-5-16-32-17-19-35-20-18-32/h2,4,6-9,11-15,21-22,31H,3,5,10,16-20H2,1H3/b13-11+. The zero-order valence-electron chi connectivity index (χ0n) is 20.3. The number of nitrogens with zero attached hydrogens (tertiary/aromatic N) is 2. The van der Waals surface area contributed by atoms with Crippen LogP contribution in [-0.4, -0.2) is 55.6 Å². The molecule has 35 heavy (non-hydrogen) atoms. The SMILES string of the molecule is COc1cc(Nc2cccc(C(=O)CCCCN3CCOCC3)c2)ccc1/C=C/c1ccccn1. The normalized spacial score (nSPS) is 14.2. The summed E-state index contributed by atoms with van der Waals surface area (Å²) in [6, 6.07) is 19.5. The van der Waals surface area contributed by atoms with Gasteiger partial charge in [0.2, 0.25) is 0 Å². The molecule has 6 heteroatoms. The van der Waals surface area contributed by atoms with Gasteiger partial charge in [0.15, 0.2) is 5.78 Å². The average molecular weight is 472 g/mol. The van der Waals surface area contributed by atoms with Crippen LogP contribution in [0.5, 0.6) is 5.75 Å². The summed E-state index contributed by atoms with van der Waals surface area (Å²) in [6.45, 7) is 4.65. The predicted molar refractivity (Wildman–Crippen MR) is 141 cm³/mol. The van der Waals surface area contributed by atoms with E-state index in [4.69, 9.17) is 9.47 Å². The van der Waals surface area contributed by atoms with Gasteiger partial charge in [-0.05, 0) is 67.9 Å². The molecule has 6 nitrogen and oxygen atoms in total. The number of unbranched alkanes of at least 4 members (excludes halogenated alkanes) is 1. The number of Topliss-reactive ketones (excluding diaryl/α,β-unsaturated/α-hetero) is 1. The Hall–Kier alpha value is -3.48. The summed E-state index contributed by atoms with van der Waals surface area (Å²) in [7, 11) is 1.66. The minimum absolute atomic E-state index is 0.184. The van der Waals surface area contributed by atoms with Crippen LogP contribution in [0.3, 0.4) is 0 Å². The Balaban J connectivity index is 1.33. The van der Waals surface area contributed by atoms with Gasteiger partial charge in [0.1, 0.15) is 5.75 Å². The number of pyridine rings is 1. The van der Waals surface area contributed by atoms with Gasteiger partial charge in [-0.3, -0.25) is 14.7 Å². The van der Waals surface area contributed by atoms with Crippen molar-refractivity contribution in [1.29, 1.82) is 0 Å². The third-order valence-corrected chi connectivity index (χ3v) is 6.06. The first-order valence-electron chi connectivity index (χ1n) is 12.2. The smallest absolute Gasteiger partial charge is 0.162 e. The van der Waals surface area contributed by atoms with Crippen LogP contribution in [0, 0.1) is 0 Å². The highest BCUT2D eigenvalue weighted by Gasteiger charge is 2.11. The molecule has 0 bridgehead atoms. The van der Waals surface area contributed by atoms with Crippen LogP contribution >= 0.6 is 0 Å². The van der Waals surface area contributed by atoms with Crippen molar-refractivity contribution in [3.63, 3.8) is 0 Å². The molecule has 0 amide bonds. The number of nitrogens with one attached hydrogen (secondary N) is 1. The topological polar surface area (TPSA) is 63.7 Å². The van der Waals surface area contributed by atoms with E-state index in [2.05, 4.69) is 15.2 Å². The molecule has 4 rings (SSSR count). The van der Waals surface area contributed by atoms with Crippen molar-refractivity contribution in [2.24, 2.45) is 0 Å². The van der Waals surface area contributed by atoms with Gasteiger partial charge in [-0.15, -0.1) is 0 Å². The lowest BCUT2D eigenvalue weighted by atomic mass is 10.0. The minimum Gasteiger partial charge on any atom is -0.496 e. The maximum Gasteiger partial charge on any atom is 0.162 e. The molecule has 1 N–H and O–H groups in total. The lowest BCUT2D eigenvalue weighted by molar-refractivity contribution is 0.0371. The summed E-state index contributed by atoms with van der Waals surface area (Å²) in [5, 5.41) is 3.40. The lowest BCUT2D eigenvalue weighted by Crippen LogP contribution is -2.36. The van der Waals surface area contributed by atoms with Crippen LogP contribution in [0.2, 0.25) is 0 Å². The average Bonchev–Trinajstić information content (AvgIpc) is 2.91. The summed E-state index contributed by atoms with van der Waals surface area (Å²) in [6.07, 6.45) is 8.22. The molecule has 0 atom stereocenters. The third kappa shape index (κ3) is 7.50. The van der Waals surface area contributed by atoms with Crippen LogP contribution in [-0.2, 0) is 4.74 Å². The van der Waals surface area contributed by atoms with Gasteiger partial charge in [-0.25, -0.2) is 0 Å². The molecule has 2 heterocycles. The number of rotatable bonds is 11. The number of methoxy groups -OCH3 is 1. The van der Waals surface area contributed by atoms with Crippen LogP contribution < -0.4 is 10.1 Å². The van der Waals surface area contributed by atoms with Crippen LogP contribution in [0.25, 0.3) is 12.2 Å². The fraction of sp³-hybridized carbons (Fsp3) is 0.310. The van der Waals surface area contributed by atoms with Gasteiger partial charge in [-0.2, -0.15) is 0 Å². The summed E-state index contributed by atoms with van der Waals surface area (Å²) in [5.74, 6) is 0.942. The fourth-order valence-corrected chi connectivity index (χ4v) is 4.10. The van der Waals surface area contributed by atoms with E-state index in [1.165, 1.54) is 0 Å². The molecule has 3 aromatic rings. The second-order valence-corrected chi connectivity index (χ2v) is 8.58. The Kier molecular flexibility index (Phi) is 9.04. The number of morpholine rings is 1. The first kappa shape index (κ1) is 24.6. The summed E-state index contributed by atoms with van der Waals surface area (Å²) in [5.41, 5.74) is 4.36. The molecular formula is C29H33N3O3. The molecular weight excluding hydrogens is 438 g/mol. The second kappa shape index (κ2) is 12.8. The molecule has 1 aromatic heterocycles. The van der Waals surface area contributed by atoms with E-state index < -0.39 is 0 Å². The Bertz CT molecular complexity index is 1130. The lowest BCUT2D eigenvalue weighted by Gasteiger charge is -2.26. The molecule has 1 aliphatic rings. The highest BCUT2D eigenvalue weighted by atomic mass is 16.5. The molecule has 0 unspecified atom stereocenters. The zero-order chi connectivity index (χ0) is 24.3. The number of hydrogen-bond donors (Lipinski definition) is 1. The van der Waals surface area contributed by atoms with Crippen molar-refractivity contribution in [3.8, 4) is 5.75 Å². The molecule has 1 fully saturated rings. The van der Waals surface area contributed by atoms with Gasteiger partial charge >= 0.3 is 0 Å². The molecule has 0 saturated carbocycles. The molecule has 182 valence electrons. The summed E-state index contributed by atoms with van der Waals surface area (Å²) in [4.78, 5) is 19.5. The summed E-state index contributed by atoms with van der Waals surface area (Å²) >= 11 is 0. The first-order valence-corrected chi connectivity index (χ1v) is 12.2. The quantitative estimate of drug-likeness (QED) is 0.286. The van der Waals surface area contributed by atoms with E-state index in [1.807, 2.05) is 72.8 Å². The number of anilines is 2. The number of ether oxygens (including phenoxy) is 2. The number of ketones is 1. The Labute approximate surface area is 207 Å². The van der Waals surface area contributed by atoms with Crippen molar-refractivity contribution in [1.82, 2.24) is 9.88 Å². The van der Waals surface area contributed by atoms with E-state index in [0.29, 0.717) is 6.42 Å². The van der Waals surface area contributed by atoms with Crippen molar-refractivity contribution >= 4 is 29.3 Å². The van der Waals surface area contributed by atoms with Gasteiger partial charge in [0.05, 0.1) is 26.0 Å². The maximum absolute atomic E-state index is 12.7. The maximum atomic E-state index is 12.7. The van der Waals surface area contributed by atoms with E-state index >= 15 is 0 Å². The largest absolute Gasteiger partial charge is 0.496 e. The Morgan fingerprint density at radius 1 is 1.03 bits per heavy atom. The molecule has 0 spiro atoms. The van der Waals surface area contributed by atoms with Gasteiger partial charge in [0.25, 0.3) is 0 Å². The van der Waals surface area contributed by atoms with Crippen LogP contribution in [0.15, 0.2) is 66.9 Å². The highest BCUT2D eigenvalue weighted by molar-refractivity contribution is 5.97. The van der Waals surface area contributed by atoms with Crippen LogP contribution in [0.4, 0.5) is 11.4 Å². The molecule has 1 aliphatic heterocycles. The molecule has 0 radical (unpaired) electrons. The van der Waals surface area contributed by atoms with Crippen molar-refractivity contribution < 1.29 is 14.3 Å². The highest BCUT2D eigenvalue weighted by Crippen LogP contribution is 2.27. The number of aromatic nitrogens is 1. The zero-order valence-corrected chi connectivity index (χ0v) is 20.3. The van der Waals surface area contributed by atoms with Crippen molar-refractivity contribution in [2.75, 3.05) is 45.3 Å². The minimum atomic E-state index is 0.184. The second-order valence-electron chi connectivity index (χ2n) is 8.58. The number of carbonyl (C=O) groups excluding carboxylic acids is 1. The predicted octanol–water partition coefficient (Wildman–Crippen LogP) is 5.69. The van der Waals surface area contributed by atoms with Gasteiger partial charge < -0.3 is 14.8 Å². The number of hydrogen-bond acceptors (Lipinski definition) is 6. The number of benzene rings is 2. The Morgan fingerprint density at radius 2 is 1.89 bits per heavy atom. The van der Waals surface area contributed by atoms with E-state index in [-0.39, 0.29) is 5.78 Å². The van der Waals surface area contributed by atoms with Crippen LogP contribution in [0.1, 0.15) is 40.9 Å². The summed E-state index contributed by atoms with van der Waals surface area (Å²) < 4.78 is 11.0. The third-order valence-electron chi connectivity index (χ3n) is 6.06.